The van der Waals surface area contributed by atoms with Crippen LogP contribution in [0.1, 0.15) is 199 Å². The van der Waals surface area contributed by atoms with Gasteiger partial charge in [-0.3, -0.25) is 0 Å². The van der Waals surface area contributed by atoms with Gasteiger partial charge in [-0.25, -0.2) is 45.1 Å². The number of aryl methyl sites for hydroxylation is 12. The second kappa shape index (κ2) is 52.6. The summed E-state index contributed by atoms with van der Waals surface area (Å²) in [5.74, 6) is 2.01. The number of rotatable bonds is 0. The van der Waals surface area contributed by atoms with Crippen molar-refractivity contribution < 1.29 is 63.5 Å². The van der Waals surface area contributed by atoms with E-state index in [9.17, 15) is 35.1 Å². The van der Waals surface area contributed by atoms with Crippen LogP contribution in [0.3, 0.4) is 0 Å². The van der Waals surface area contributed by atoms with Crippen LogP contribution < -0.4 is 0 Å². The standard InChI is InChI=1S/3C8H8F2.2C8H9F.C8H16.C8H10.2C7H14O.C6H8N2.2C6H12O2/c2*1-5-3-7(9)6(2)8(10)4-5;1-5-3-4-6(2)8(10)7(5)9;2*1-6-3-4-7(2)8(9)5-6;2*1-7-3-5-8(2)6-4-7;2*1-6-3-4-7(2)8-5-6;3*1-5-3-7-6(2)8-4-5/h3*3-4H,1-2H3;2*3-5H,1-2H3;7-8H,3-6H2,1-2H3;3-6H,1-2H3;2*6-7H,3-5H2,1-2H3;3-4H,1-2H3;2*5-6H,3-4H2,1-2H3. The molecule has 6 aromatic carbocycles. The molecule has 4 aliphatic heterocycles. The lowest BCUT2D eigenvalue weighted by Gasteiger charge is -2.24. The lowest BCUT2D eigenvalue weighted by atomic mass is 9.84. The summed E-state index contributed by atoms with van der Waals surface area (Å²) >= 11 is 0. The highest BCUT2D eigenvalue weighted by atomic mass is 19.2. The summed E-state index contributed by atoms with van der Waals surface area (Å²) in [4.78, 5) is 7.94. The number of nitrogens with zero attached hydrogens (tertiary/aromatic N) is 2. The molecule has 8 nitrogen and oxygen atoms in total. The second-order valence-corrected chi connectivity index (χ2v) is 29.2. The van der Waals surface area contributed by atoms with E-state index in [1.54, 1.807) is 52.0 Å². The molecule has 12 rings (SSSR count). The van der Waals surface area contributed by atoms with E-state index in [-0.39, 0.29) is 35.3 Å². The minimum atomic E-state index is -0.736. The van der Waals surface area contributed by atoms with Gasteiger partial charge in [-0.1, -0.05) is 139 Å². The molecule has 0 bridgehead atoms. The summed E-state index contributed by atoms with van der Waals surface area (Å²) in [7, 11) is 0. The Kier molecular flexibility index (Phi) is 48.3. The van der Waals surface area contributed by atoms with Crippen molar-refractivity contribution in [2.45, 2.75) is 242 Å². The van der Waals surface area contributed by atoms with Crippen LogP contribution in [0.4, 0.5) is 35.1 Å². The quantitative estimate of drug-likeness (QED) is 0.139. The number of hydrogen-bond acceptors (Lipinski definition) is 8. The van der Waals surface area contributed by atoms with Gasteiger partial charge in [0.05, 0.1) is 38.6 Å². The third-order valence-corrected chi connectivity index (χ3v) is 17.3. The molecule has 0 radical (unpaired) electrons. The van der Waals surface area contributed by atoms with E-state index < -0.39 is 34.9 Å². The van der Waals surface area contributed by atoms with Gasteiger partial charge in [-0.2, -0.15) is 0 Å². The second-order valence-electron chi connectivity index (χ2n) is 29.2. The van der Waals surface area contributed by atoms with Crippen molar-refractivity contribution in [3.8, 4) is 0 Å². The van der Waals surface area contributed by atoms with Gasteiger partial charge in [0.25, 0.3) is 0 Å². The Hall–Kier alpha value is -6.40. The molecule has 1 saturated carbocycles. The Morgan fingerprint density at radius 3 is 0.740 bits per heavy atom. The van der Waals surface area contributed by atoms with Gasteiger partial charge in [0.2, 0.25) is 0 Å². The van der Waals surface area contributed by atoms with Gasteiger partial charge < -0.3 is 28.4 Å². The maximum atomic E-state index is 12.6. The Balaban J connectivity index is 0.000000568. The van der Waals surface area contributed by atoms with Crippen LogP contribution in [-0.4, -0.2) is 74.4 Å². The molecular weight excluding hydrogens is 1330 g/mol. The number of benzene rings is 6. The van der Waals surface area contributed by atoms with Crippen molar-refractivity contribution in [1.82, 2.24) is 9.97 Å². The van der Waals surface area contributed by atoms with Gasteiger partial charge in [0.15, 0.2) is 24.2 Å². The van der Waals surface area contributed by atoms with Crippen LogP contribution in [0.15, 0.2) is 109 Å². The summed E-state index contributed by atoms with van der Waals surface area (Å²) in [6, 6.07) is 27.3. The van der Waals surface area contributed by atoms with E-state index in [1.807, 2.05) is 66.1 Å². The lowest BCUT2D eigenvalue weighted by Crippen LogP contribution is -2.27. The molecule has 582 valence electrons. The Morgan fingerprint density at radius 1 is 0.260 bits per heavy atom. The molecule has 5 heterocycles. The van der Waals surface area contributed by atoms with Gasteiger partial charge in [-0.05, 0) is 260 Å². The molecule has 4 atom stereocenters. The van der Waals surface area contributed by atoms with Crippen molar-refractivity contribution in [3.63, 3.8) is 0 Å². The first-order chi connectivity index (χ1) is 48.8. The van der Waals surface area contributed by atoms with Crippen molar-refractivity contribution >= 4 is 0 Å². The van der Waals surface area contributed by atoms with Crippen molar-refractivity contribution in [2.75, 3.05) is 39.6 Å². The minimum Gasteiger partial charge on any atom is -0.378 e. The van der Waals surface area contributed by atoms with Gasteiger partial charge in [-0.15, -0.1) is 0 Å². The molecule has 0 spiro atoms. The molecule has 7 aromatic rings. The van der Waals surface area contributed by atoms with E-state index >= 15 is 0 Å². The average Bonchev–Trinajstić information content (AvgIpc) is 0.869. The first kappa shape index (κ1) is 95.6. The number of halogens is 8. The summed E-state index contributed by atoms with van der Waals surface area (Å²) < 4.78 is 132. The molecule has 0 amide bonds. The van der Waals surface area contributed by atoms with E-state index in [0.29, 0.717) is 57.4 Å². The van der Waals surface area contributed by atoms with E-state index in [2.05, 4.69) is 103 Å². The molecule has 4 unspecified atom stereocenters. The van der Waals surface area contributed by atoms with E-state index in [1.165, 1.54) is 127 Å². The van der Waals surface area contributed by atoms with E-state index in [4.69, 9.17) is 28.4 Å². The summed E-state index contributed by atoms with van der Waals surface area (Å²) in [6.07, 6.45) is 15.8. The number of hydrogen-bond donors (Lipinski definition) is 0. The maximum absolute atomic E-state index is 12.6. The first-order valence-electron chi connectivity index (χ1n) is 37.0. The highest BCUT2D eigenvalue weighted by Crippen LogP contribution is 2.27. The third-order valence-electron chi connectivity index (χ3n) is 17.3. The number of ether oxygens (including phenoxy) is 6. The lowest BCUT2D eigenvalue weighted by molar-refractivity contribution is -0.187. The number of aromatic nitrogens is 2. The molecule has 5 aliphatic rings. The van der Waals surface area contributed by atoms with Crippen LogP contribution in [0.2, 0.25) is 0 Å². The Bertz CT molecular complexity index is 2990. The summed E-state index contributed by atoms with van der Waals surface area (Å²) in [6.45, 7) is 51.5. The zero-order chi connectivity index (χ0) is 78.8. The van der Waals surface area contributed by atoms with Crippen molar-refractivity contribution in [1.29, 1.82) is 0 Å². The molecule has 1 aliphatic carbocycles. The predicted molar refractivity (Wildman–Crippen MR) is 412 cm³/mol. The normalized spacial score (nSPS) is 21.3. The highest BCUT2D eigenvalue weighted by Gasteiger charge is 2.17. The van der Waals surface area contributed by atoms with Crippen LogP contribution in [0.25, 0.3) is 0 Å². The van der Waals surface area contributed by atoms with Crippen LogP contribution in [-0.2, 0) is 28.4 Å². The SMILES string of the molecule is CC1CCC(C)CC1.CC1CCC(C)OC1.CC1CCC(C)OC1.CC1COC(C)OC1.CC1COC(C)OC1.Cc1cc(F)c(C)c(F)c1.Cc1cc(F)c(C)c(F)c1.Cc1ccc(C)c(F)c1.Cc1ccc(C)c(F)c1.Cc1ccc(C)c(F)c1F.Cc1ccc(C)cc1.Cc1cnc(C)nc1. The van der Waals surface area contributed by atoms with Crippen LogP contribution >= 0.6 is 0 Å². The van der Waals surface area contributed by atoms with E-state index in [0.717, 1.165) is 85.8 Å². The third kappa shape index (κ3) is 44.5. The largest absolute Gasteiger partial charge is 0.378 e. The molecule has 1 aromatic heterocycles. The molecule has 104 heavy (non-hydrogen) atoms. The van der Waals surface area contributed by atoms with Gasteiger partial charge >= 0.3 is 0 Å². The van der Waals surface area contributed by atoms with Gasteiger partial charge in [0, 0.05) is 48.6 Å². The molecule has 5 fully saturated rings. The van der Waals surface area contributed by atoms with Crippen molar-refractivity contribution in [2.24, 2.45) is 35.5 Å². The fourth-order valence-corrected chi connectivity index (χ4v) is 9.62. The van der Waals surface area contributed by atoms with Crippen molar-refractivity contribution in [3.05, 3.63) is 234 Å². The van der Waals surface area contributed by atoms with Crippen LogP contribution in [0.5, 0.6) is 0 Å². The Morgan fingerprint density at radius 2 is 0.510 bits per heavy atom. The molecule has 4 saturated heterocycles. The summed E-state index contributed by atoms with van der Waals surface area (Å²) in [5.41, 5.74) is 9.22. The highest BCUT2D eigenvalue weighted by molar-refractivity contribution is 5.27. The monoisotopic (exact) mass is 1460 g/mol. The topological polar surface area (TPSA) is 81.2 Å². The van der Waals surface area contributed by atoms with Gasteiger partial charge in [0.1, 0.15) is 40.7 Å². The minimum absolute atomic E-state index is 0.0196. The maximum Gasteiger partial charge on any atom is 0.161 e. The molecule has 0 N–H and O–H groups in total. The Labute approximate surface area is 622 Å². The first-order valence-corrected chi connectivity index (χ1v) is 37.0. The molecular formula is C88H128F8N2O6. The predicted octanol–water partition coefficient (Wildman–Crippen LogP) is 24.5. The average molecular weight is 1460 g/mol. The zero-order valence-electron chi connectivity index (χ0n) is 67.4. The smallest absolute Gasteiger partial charge is 0.161 e. The van der Waals surface area contributed by atoms with Crippen LogP contribution in [0, 0.1) is 179 Å². The zero-order valence-corrected chi connectivity index (χ0v) is 67.4. The fraction of sp³-hybridized carbons (Fsp3) is 0.545. The summed E-state index contributed by atoms with van der Waals surface area (Å²) in [5, 5.41) is 0. The fourth-order valence-electron chi connectivity index (χ4n) is 9.62. The molecule has 16 heteroatoms.